The first-order chi connectivity index (χ1) is 11.4. The van der Waals surface area contributed by atoms with Gasteiger partial charge in [0.05, 0.1) is 19.1 Å². The SMILES string of the molecule is COc1ccc(N(CC(=O)NCc2cccnc2)S(C)(=O)=O)cc1. The van der Waals surface area contributed by atoms with Gasteiger partial charge in [0.2, 0.25) is 15.9 Å². The molecule has 1 aromatic carbocycles. The maximum Gasteiger partial charge on any atom is 0.241 e. The fraction of sp³-hybridized carbons (Fsp3) is 0.250. The molecule has 0 radical (unpaired) electrons. The van der Waals surface area contributed by atoms with Gasteiger partial charge >= 0.3 is 0 Å². The Bertz CT molecular complexity index is 777. The van der Waals surface area contributed by atoms with Crippen molar-refractivity contribution in [3.05, 3.63) is 54.4 Å². The van der Waals surface area contributed by atoms with E-state index in [1.54, 1.807) is 42.7 Å². The molecule has 1 aromatic heterocycles. The second-order valence-corrected chi connectivity index (χ2v) is 7.01. The highest BCUT2D eigenvalue weighted by molar-refractivity contribution is 7.92. The van der Waals surface area contributed by atoms with Crippen molar-refractivity contribution in [1.29, 1.82) is 0 Å². The number of nitrogens with one attached hydrogen (secondary N) is 1. The van der Waals surface area contributed by atoms with Crippen LogP contribution in [0.2, 0.25) is 0 Å². The van der Waals surface area contributed by atoms with Gasteiger partial charge in [0.15, 0.2) is 0 Å². The Labute approximate surface area is 141 Å². The third kappa shape index (κ3) is 4.95. The minimum absolute atomic E-state index is 0.285. The summed E-state index contributed by atoms with van der Waals surface area (Å²) < 4.78 is 30.1. The predicted octanol–water partition coefficient (Wildman–Crippen LogP) is 1.17. The molecule has 0 aliphatic heterocycles. The lowest BCUT2D eigenvalue weighted by molar-refractivity contribution is -0.119. The van der Waals surface area contributed by atoms with E-state index in [0.717, 1.165) is 16.1 Å². The summed E-state index contributed by atoms with van der Waals surface area (Å²) in [5.41, 5.74) is 1.23. The molecule has 7 nitrogen and oxygen atoms in total. The van der Waals surface area contributed by atoms with E-state index in [2.05, 4.69) is 10.3 Å². The van der Waals surface area contributed by atoms with Gasteiger partial charge in [-0.25, -0.2) is 8.42 Å². The van der Waals surface area contributed by atoms with Gasteiger partial charge in [-0.15, -0.1) is 0 Å². The number of benzene rings is 1. The number of pyridine rings is 1. The van der Waals surface area contributed by atoms with Crippen LogP contribution >= 0.6 is 0 Å². The number of hydrogen-bond donors (Lipinski definition) is 1. The number of methoxy groups -OCH3 is 1. The molecule has 128 valence electrons. The molecule has 2 aromatic rings. The van der Waals surface area contributed by atoms with E-state index in [-0.39, 0.29) is 13.1 Å². The molecule has 0 unspecified atom stereocenters. The number of rotatable bonds is 7. The first-order valence-corrected chi connectivity index (χ1v) is 9.02. The average Bonchev–Trinajstić information content (AvgIpc) is 2.58. The highest BCUT2D eigenvalue weighted by atomic mass is 32.2. The van der Waals surface area contributed by atoms with Crippen molar-refractivity contribution in [3.8, 4) is 5.75 Å². The first-order valence-electron chi connectivity index (χ1n) is 7.17. The highest BCUT2D eigenvalue weighted by Crippen LogP contribution is 2.21. The zero-order chi connectivity index (χ0) is 17.6. The van der Waals surface area contributed by atoms with Gasteiger partial charge in [-0.05, 0) is 35.9 Å². The van der Waals surface area contributed by atoms with Gasteiger partial charge in [0.1, 0.15) is 12.3 Å². The third-order valence-corrected chi connectivity index (χ3v) is 4.40. The molecule has 0 fully saturated rings. The van der Waals surface area contributed by atoms with Gasteiger partial charge in [-0.1, -0.05) is 6.07 Å². The number of hydrogen-bond acceptors (Lipinski definition) is 5. The molecule has 0 bridgehead atoms. The zero-order valence-corrected chi connectivity index (χ0v) is 14.3. The molecule has 8 heteroatoms. The van der Waals surface area contributed by atoms with Crippen LogP contribution in [0.4, 0.5) is 5.69 Å². The number of aromatic nitrogens is 1. The molecule has 0 saturated heterocycles. The smallest absolute Gasteiger partial charge is 0.241 e. The van der Waals surface area contributed by atoms with Crippen LogP contribution in [0.25, 0.3) is 0 Å². The molecule has 0 saturated carbocycles. The minimum atomic E-state index is -3.60. The third-order valence-electron chi connectivity index (χ3n) is 3.26. The predicted molar refractivity (Wildman–Crippen MR) is 91.3 cm³/mol. The fourth-order valence-electron chi connectivity index (χ4n) is 2.04. The topological polar surface area (TPSA) is 88.6 Å². The van der Waals surface area contributed by atoms with Crippen LogP contribution in [0.3, 0.4) is 0 Å². The Morgan fingerprint density at radius 2 is 1.96 bits per heavy atom. The van der Waals surface area contributed by atoms with Crippen LogP contribution in [0.15, 0.2) is 48.8 Å². The number of nitrogens with zero attached hydrogens (tertiary/aromatic N) is 2. The largest absolute Gasteiger partial charge is 0.497 e. The van der Waals surface area contributed by atoms with Crippen molar-refractivity contribution in [2.75, 3.05) is 24.2 Å². The van der Waals surface area contributed by atoms with E-state index in [1.165, 1.54) is 7.11 Å². The Hall–Kier alpha value is -2.61. The van der Waals surface area contributed by atoms with Gasteiger partial charge in [-0.2, -0.15) is 0 Å². The zero-order valence-electron chi connectivity index (χ0n) is 13.5. The summed E-state index contributed by atoms with van der Waals surface area (Å²) in [5.74, 6) is 0.202. The van der Waals surface area contributed by atoms with E-state index in [1.807, 2.05) is 6.07 Å². The van der Waals surface area contributed by atoms with Crippen molar-refractivity contribution in [2.45, 2.75) is 6.54 Å². The summed E-state index contributed by atoms with van der Waals surface area (Å²) in [6, 6.07) is 10.1. The molecular weight excluding hydrogens is 330 g/mol. The molecule has 0 atom stereocenters. The lowest BCUT2D eigenvalue weighted by Gasteiger charge is -2.22. The Morgan fingerprint density at radius 3 is 2.50 bits per heavy atom. The lowest BCUT2D eigenvalue weighted by atomic mass is 10.3. The molecule has 2 rings (SSSR count). The molecule has 1 heterocycles. The fourth-order valence-corrected chi connectivity index (χ4v) is 2.89. The van der Waals surface area contributed by atoms with Crippen molar-refractivity contribution in [3.63, 3.8) is 0 Å². The van der Waals surface area contributed by atoms with Crippen LogP contribution < -0.4 is 14.4 Å². The van der Waals surface area contributed by atoms with E-state index in [9.17, 15) is 13.2 Å². The van der Waals surface area contributed by atoms with Gasteiger partial charge in [0, 0.05) is 18.9 Å². The molecule has 0 aliphatic carbocycles. The van der Waals surface area contributed by atoms with Gasteiger partial charge < -0.3 is 10.1 Å². The quantitative estimate of drug-likeness (QED) is 0.811. The summed E-state index contributed by atoms with van der Waals surface area (Å²) in [5, 5.41) is 2.68. The van der Waals surface area contributed by atoms with Crippen molar-refractivity contribution >= 4 is 21.6 Å². The van der Waals surface area contributed by atoms with Crippen LogP contribution in [0, 0.1) is 0 Å². The summed E-state index contributed by atoms with van der Waals surface area (Å²) in [4.78, 5) is 16.1. The molecule has 0 spiro atoms. The Morgan fingerprint density at radius 1 is 1.25 bits per heavy atom. The summed E-state index contributed by atoms with van der Waals surface area (Å²) in [7, 11) is -2.07. The molecule has 24 heavy (non-hydrogen) atoms. The standard InChI is InChI=1S/C16H19N3O4S/c1-23-15-7-5-14(6-8-15)19(24(2,21)22)12-16(20)18-11-13-4-3-9-17-10-13/h3-10H,11-12H2,1-2H3,(H,18,20). The normalized spacial score (nSPS) is 10.9. The highest BCUT2D eigenvalue weighted by Gasteiger charge is 2.20. The maximum atomic E-state index is 12.1. The second-order valence-electron chi connectivity index (χ2n) is 5.11. The first kappa shape index (κ1) is 17.7. The van der Waals surface area contributed by atoms with Crippen LogP contribution in [-0.4, -0.2) is 39.2 Å². The lowest BCUT2D eigenvalue weighted by Crippen LogP contribution is -2.40. The van der Waals surface area contributed by atoms with Gasteiger partial charge in [-0.3, -0.25) is 14.1 Å². The molecular formula is C16H19N3O4S. The Balaban J connectivity index is 2.07. The molecule has 1 N–H and O–H groups in total. The van der Waals surface area contributed by atoms with E-state index >= 15 is 0 Å². The van der Waals surface area contributed by atoms with Crippen LogP contribution in [-0.2, 0) is 21.4 Å². The van der Waals surface area contributed by atoms with Crippen LogP contribution in [0.1, 0.15) is 5.56 Å². The van der Waals surface area contributed by atoms with Crippen molar-refractivity contribution in [1.82, 2.24) is 10.3 Å². The summed E-state index contributed by atoms with van der Waals surface area (Å²) in [6.45, 7) is -0.0156. The number of carbonyl (C=O) groups is 1. The van der Waals surface area contributed by atoms with Crippen LogP contribution in [0.5, 0.6) is 5.75 Å². The number of amides is 1. The monoisotopic (exact) mass is 349 g/mol. The van der Waals surface area contributed by atoms with E-state index in [0.29, 0.717) is 11.4 Å². The summed E-state index contributed by atoms with van der Waals surface area (Å²) in [6.07, 6.45) is 4.34. The average molecular weight is 349 g/mol. The van der Waals surface area contributed by atoms with Gasteiger partial charge in [0.25, 0.3) is 0 Å². The van der Waals surface area contributed by atoms with E-state index < -0.39 is 15.9 Å². The minimum Gasteiger partial charge on any atom is -0.497 e. The molecule has 1 amide bonds. The number of sulfonamides is 1. The maximum absolute atomic E-state index is 12.1. The Kier molecular flexibility index (Phi) is 5.75. The summed E-state index contributed by atoms with van der Waals surface area (Å²) >= 11 is 0. The number of anilines is 1. The molecule has 0 aliphatic rings. The van der Waals surface area contributed by atoms with Crippen molar-refractivity contribution < 1.29 is 17.9 Å². The number of carbonyl (C=O) groups excluding carboxylic acids is 1. The van der Waals surface area contributed by atoms with Crippen molar-refractivity contribution in [2.24, 2.45) is 0 Å². The second kappa shape index (κ2) is 7.78. The number of ether oxygens (including phenoxy) is 1. The van der Waals surface area contributed by atoms with E-state index in [4.69, 9.17) is 4.74 Å².